The van der Waals surface area contributed by atoms with E-state index >= 15 is 0 Å². The number of hydrogen-bond donors (Lipinski definition) is 1. The van der Waals surface area contributed by atoms with E-state index in [0.717, 1.165) is 55.6 Å². The number of pyridine rings is 1. The Morgan fingerprint density at radius 3 is 2.75 bits per heavy atom. The number of rotatable bonds is 5. The Morgan fingerprint density at radius 1 is 1.42 bits per heavy atom. The normalized spacial score (nSPS) is 16.2. The van der Waals surface area contributed by atoms with Crippen molar-refractivity contribution in [1.82, 2.24) is 15.2 Å². The largest absolute Gasteiger partial charge is 0.444 e. The summed E-state index contributed by atoms with van der Waals surface area (Å²) in [6.07, 6.45) is 4.87. The summed E-state index contributed by atoms with van der Waals surface area (Å²) in [6.45, 7) is 9.08. The van der Waals surface area contributed by atoms with E-state index in [0.29, 0.717) is 5.92 Å². The molecule has 2 heterocycles. The summed E-state index contributed by atoms with van der Waals surface area (Å²) in [4.78, 5) is 18.2. The fraction of sp³-hybridized carbons (Fsp3) is 0.667. The summed E-state index contributed by atoms with van der Waals surface area (Å²) < 4.78 is 6.49. The lowest BCUT2D eigenvalue weighted by atomic mass is 9.94. The molecule has 1 amide bonds. The molecule has 6 heteroatoms. The van der Waals surface area contributed by atoms with Crippen LogP contribution in [0.3, 0.4) is 0 Å². The first-order valence-electron chi connectivity index (χ1n) is 8.62. The summed E-state index contributed by atoms with van der Waals surface area (Å²) in [7, 11) is 0. The Kier molecular flexibility index (Phi) is 7.04. The quantitative estimate of drug-likeness (QED) is 0.763. The first kappa shape index (κ1) is 19.2. The first-order chi connectivity index (χ1) is 11.3. The molecule has 0 aliphatic carbocycles. The number of carbonyl (C=O) groups is 1. The van der Waals surface area contributed by atoms with Gasteiger partial charge in [-0.3, -0.25) is 4.98 Å². The Bertz CT molecular complexity index is 537. The standard InChI is InChI=1S/C18H28BrN3O2/c1-18(2,3)24-17(23)22-10-6-14(7-11-22)4-8-20-13-16-12-15(19)5-9-21-16/h5,9,12,14,20H,4,6-8,10-11,13H2,1-3H3. The van der Waals surface area contributed by atoms with Crippen LogP contribution in [0.4, 0.5) is 4.79 Å². The number of hydrogen-bond acceptors (Lipinski definition) is 4. The number of halogens is 1. The number of carbonyl (C=O) groups excluding carboxylic acids is 1. The molecule has 0 aromatic carbocycles. The highest BCUT2D eigenvalue weighted by molar-refractivity contribution is 9.10. The lowest BCUT2D eigenvalue weighted by molar-refractivity contribution is 0.0181. The number of nitrogens with zero attached hydrogens (tertiary/aromatic N) is 2. The molecule has 1 aromatic rings. The van der Waals surface area contributed by atoms with Crippen LogP contribution < -0.4 is 5.32 Å². The van der Waals surface area contributed by atoms with E-state index in [1.54, 1.807) is 0 Å². The fourth-order valence-corrected chi connectivity index (χ4v) is 3.18. The number of piperidine rings is 1. The van der Waals surface area contributed by atoms with Gasteiger partial charge in [0, 0.05) is 30.3 Å². The van der Waals surface area contributed by atoms with Crippen molar-refractivity contribution >= 4 is 22.0 Å². The average molecular weight is 398 g/mol. The van der Waals surface area contributed by atoms with E-state index in [-0.39, 0.29) is 6.09 Å². The maximum absolute atomic E-state index is 12.0. The maximum Gasteiger partial charge on any atom is 0.410 e. The number of nitrogens with one attached hydrogen (secondary N) is 1. The van der Waals surface area contributed by atoms with Gasteiger partial charge in [0.15, 0.2) is 0 Å². The molecule has 1 aromatic heterocycles. The van der Waals surface area contributed by atoms with Crippen LogP contribution in [0.1, 0.15) is 45.7 Å². The molecule has 2 rings (SSSR count). The molecule has 1 N–H and O–H groups in total. The Hall–Kier alpha value is -1.14. The van der Waals surface area contributed by atoms with Gasteiger partial charge < -0.3 is 15.0 Å². The number of aromatic nitrogens is 1. The van der Waals surface area contributed by atoms with Crippen molar-refractivity contribution in [3.63, 3.8) is 0 Å². The monoisotopic (exact) mass is 397 g/mol. The minimum Gasteiger partial charge on any atom is -0.444 e. The van der Waals surface area contributed by atoms with Crippen molar-refractivity contribution in [3.05, 3.63) is 28.5 Å². The Labute approximate surface area is 153 Å². The highest BCUT2D eigenvalue weighted by Gasteiger charge is 2.26. The summed E-state index contributed by atoms with van der Waals surface area (Å²) in [5, 5.41) is 3.45. The topological polar surface area (TPSA) is 54.5 Å². The van der Waals surface area contributed by atoms with Crippen LogP contribution in [0.2, 0.25) is 0 Å². The average Bonchev–Trinajstić information content (AvgIpc) is 2.50. The van der Waals surface area contributed by atoms with Gasteiger partial charge in [0.05, 0.1) is 5.69 Å². The third kappa shape index (κ3) is 6.77. The molecule has 5 nitrogen and oxygen atoms in total. The minimum atomic E-state index is -0.418. The molecular weight excluding hydrogens is 370 g/mol. The highest BCUT2D eigenvalue weighted by Crippen LogP contribution is 2.21. The van der Waals surface area contributed by atoms with Gasteiger partial charge in [0.25, 0.3) is 0 Å². The van der Waals surface area contributed by atoms with E-state index in [1.165, 1.54) is 0 Å². The van der Waals surface area contributed by atoms with Crippen LogP contribution >= 0.6 is 15.9 Å². The number of likely N-dealkylation sites (tertiary alicyclic amines) is 1. The lowest BCUT2D eigenvalue weighted by Gasteiger charge is -2.33. The zero-order chi connectivity index (χ0) is 17.6. The van der Waals surface area contributed by atoms with Gasteiger partial charge in [-0.15, -0.1) is 0 Å². The van der Waals surface area contributed by atoms with Gasteiger partial charge in [-0.1, -0.05) is 15.9 Å². The first-order valence-corrected chi connectivity index (χ1v) is 9.42. The molecule has 1 aliphatic heterocycles. The van der Waals surface area contributed by atoms with E-state index in [1.807, 2.05) is 44.0 Å². The fourth-order valence-electron chi connectivity index (χ4n) is 2.80. The van der Waals surface area contributed by atoms with Gasteiger partial charge in [0.1, 0.15) is 5.60 Å². The van der Waals surface area contributed by atoms with Crippen molar-refractivity contribution in [2.45, 2.75) is 52.2 Å². The van der Waals surface area contributed by atoms with Crippen LogP contribution in [0.5, 0.6) is 0 Å². The molecule has 0 saturated carbocycles. The van der Waals surface area contributed by atoms with Gasteiger partial charge in [0.2, 0.25) is 0 Å². The van der Waals surface area contributed by atoms with Crippen LogP contribution in [0, 0.1) is 5.92 Å². The molecule has 1 saturated heterocycles. The zero-order valence-corrected chi connectivity index (χ0v) is 16.4. The highest BCUT2D eigenvalue weighted by atomic mass is 79.9. The van der Waals surface area contributed by atoms with Crippen molar-refractivity contribution in [1.29, 1.82) is 0 Å². The second-order valence-corrected chi connectivity index (χ2v) is 8.26. The van der Waals surface area contributed by atoms with E-state index < -0.39 is 5.60 Å². The van der Waals surface area contributed by atoms with Crippen molar-refractivity contribution in [2.24, 2.45) is 5.92 Å². The SMILES string of the molecule is CC(C)(C)OC(=O)N1CCC(CCNCc2cc(Br)ccn2)CC1. The van der Waals surface area contributed by atoms with E-state index in [4.69, 9.17) is 4.74 Å². The van der Waals surface area contributed by atoms with Crippen LogP contribution in [0.15, 0.2) is 22.8 Å². The Balaban J connectivity index is 1.62. The minimum absolute atomic E-state index is 0.181. The van der Waals surface area contributed by atoms with Crippen molar-refractivity contribution in [2.75, 3.05) is 19.6 Å². The van der Waals surface area contributed by atoms with Crippen LogP contribution in [0.25, 0.3) is 0 Å². The van der Waals surface area contributed by atoms with E-state index in [2.05, 4.69) is 26.2 Å². The summed E-state index contributed by atoms with van der Waals surface area (Å²) in [5.41, 5.74) is 0.627. The predicted molar refractivity (Wildman–Crippen MR) is 98.8 cm³/mol. The van der Waals surface area contributed by atoms with Gasteiger partial charge in [-0.05, 0) is 64.6 Å². The predicted octanol–water partition coefficient (Wildman–Crippen LogP) is 3.97. The van der Waals surface area contributed by atoms with Gasteiger partial charge >= 0.3 is 6.09 Å². The summed E-state index contributed by atoms with van der Waals surface area (Å²) in [6, 6.07) is 3.97. The molecular formula is C18H28BrN3O2. The molecule has 0 bridgehead atoms. The second-order valence-electron chi connectivity index (χ2n) is 7.34. The number of amides is 1. The molecule has 1 aliphatic rings. The second kappa shape index (κ2) is 8.81. The third-order valence-electron chi connectivity index (χ3n) is 4.08. The van der Waals surface area contributed by atoms with Crippen LogP contribution in [-0.4, -0.2) is 41.2 Å². The third-order valence-corrected chi connectivity index (χ3v) is 4.57. The van der Waals surface area contributed by atoms with E-state index in [9.17, 15) is 4.79 Å². The summed E-state index contributed by atoms with van der Waals surface area (Å²) >= 11 is 3.46. The van der Waals surface area contributed by atoms with Gasteiger partial charge in [-0.25, -0.2) is 4.79 Å². The molecule has 24 heavy (non-hydrogen) atoms. The summed E-state index contributed by atoms with van der Waals surface area (Å²) in [5.74, 6) is 0.673. The zero-order valence-electron chi connectivity index (χ0n) is 14.8. The lowest BCUT2D eigenvalue weighted by Crippen LogP contribution is -2.42. The van der Waals surface area contributed by atoms with Crippen molar-refractivity contribution in [3.8, 4) is 0 Å². The molecule has 0 atom stereocenters. The van der Waals surface area contributed by atoms with Crippen molar-refractivity contribution < 1.29 is 9.53 Å². The molecule has 0 unspecified atom stereocenters. The van der Waals surface area contributed by atoms with Gasteiger partial charge in [-0.2, -0.15) is 0 Å². The van der Waals surface area contributed by atoms with Crippen LogP contribution in [-0.2, 0) is 11.3 Å². The maximum atomic E-state index is 12.0. The Morgan fingerprint density at radius 2 is 2.12 bits per heavy atom. The molecule has 0 radical (unpaired) electrons. The molecule has 134 valence electrons. The smallest absolute Gasteiger partial charge is 0.410 e. The molecule has 1 fully saturated rings. The number of ether oxygens (including phenoxy) is 1. The molecule has 0 spiro atoms.